The Morgan fingerprint density at radius 2 is 1.52 bits per heavy atom. The molecule has 0 aliphatic heterocycles. The first-order valence-electron chi connectivity index (χ1n) is 11.1. The van der Waals surface area contributed by atoms with Gasteiger partial charge in [-0.2, -0.15) is 0 Å². The largest absolute Gasteiger partial charge is 0.287 e. The van der Waals surface area contributed by atoms with Crippen molar-refractivity contribution < 1.29 is 4.57 Å². The molecule has 2 aliphatic carbocycles. The second-order valence-corrected chi connectivity index (χ2v) is 9.38. The van der Waals surface area contributed by atoms with Crippen molar-refractivity contribution in [1.29, 1.82) is 0 Å². The number of aromatic nitrogens is 2. The summed E-state index contributed by atoms with van der Waals surface area (Å²) >= 11 is 0. The molecule has 2 nitrogen and oxygen atoms in total. The number of aryl methyl sites for hydroxylation is 4. The molecule has 3 aromatic carbocycles. The summed E-state index contributed by atoms with van der Waals surface area (Å²) in [7, 11) is 2.13. The summed E-state index contributed by atoms with van der Waals surface area (Å²) in [4.78, 5) is 5.00. The number of benzene rings is 3. The van der Waals surface area contributed by atoms with Gasteiger partial charge in [-0.15, -0.1) is 0 Å². The van der Waals surface area contributed by atoms with Crippen LogP contribution in [0.25, 0.3) is 33.6 Å². The first kappa shape index (κ1) is 18.5. The topological polar surface area (TPSA) is 16.8 Å². The van der Waals surface area contributed by atoms with E-state index in [2.05, 4.69) is 81.8 Å². The SMILES string of the molecule is Cc1cc(C)c(C)c(-c2c3c(nc[n+]2C)-c2c(ccc4c2-c2c(C)cccc2C4)C3)c1. The average Bonchev–Trinajstić information content (AvgIpc) is 3.29. The standard InChI is InChI=1S/C29H27N2/c1-16-11-18(3)19(4)23(12-16)29-24-14-22-10-9-21-13-20-8-6-7-17(2)25(20)26(21)27(22)28(24)30-15-31(29)5/h6-12,15H,13-14H2,1-5H3/q+1. The number of hydrogen-bond donors (Lipinski definition) is 0. The minimum absolute atomic E-state index is 0.947. The van der Waals surface area contributed by atoms with Crippen LogP contribution in [0.5, 0.6) is 0 Å². The molecule has 152 valence electrons. The van der Waals surface area contributed by atoms with Crippen LogP contribution < -0.4 is 4.57 Å². The summed E-state index contributed by atoms with van der Waals surface area (Å²) in [6.07, 6.45) is 3.98. The predicted molar refractivity (Wildman–Crippen MR) is 126 cm³/mol. The molecule has 1 heterocycles. The summed E-state index contributed by atoms with van der Waals surface area (Å²) in [5.41, 5.74) is 19.1. The third-order valence-corrected chi connectivity index (χ3v) is 7.32. The Morgan fingerprint density at radius 3 is 2.32 bits per heavy atom. The van der Waals surface area contributed by atoms with E-state index in [1.54, 1.807) is 0 Å². The molecule has 0 amide bonds. The lowest BCUT2D eigenvalue weighted by molar-refractivity contribution is -0.663. The number of fused-ring (bicyclic) bond motifs is 7. The van der Waals surface area contributed by atoms with Crippen LogP contribution in [0.4, 0.5) is 0 Å². The van der Waals surface area contributed by atoms with Crippen molar-refractivity contribution >= 4 is 0 Å². The minimum Gasteiger partial charge on any atom is -0.232 e. The maximum Gasteiger partial charge on any atom is 0.287 e. The van der Waals surface area contributed by atoms with Crippen molar-refractivity contribution in [2.75, 3.05) is 0 Å². The van der Waals surface area contributed by atoms with Crippen LogP contribution >= 0.6 is 0 Å². The van der Waals surface area contributed by atoms with Gasteiger partial charge in [-0.1, -0.05) is 42.0 Å². The smallest absolute Gasteiger partial charge is 0.232 e. The van der Waals surface area contributed by atoms with Crippen molar-refractivity contribution in [3.63, 3.8) is 0 Å². The van der Waals surface area contributed by atoms with Gasteiger partial charge in [0.05, 0.1) is 12.6 Å². The lowest BCUT2D eigenvalue weighted by Crippen LogP contribution is -2.33. The summed E-state index contributed by atoms with van der Waals surface area (Å²) in [5.74, 6) is 0. The van der Waals surface area contributed by atoms with E-state index in [4.69, 9.17) is 4.98 Å². The second-order valence-electron chi connectivity index (χ2n) is 9.38. The Labute approximate surface area is 184 Å². The third kappa shape index (κ3) is 2.51. The van der Waals surface area contributed by atoms with E-state index in [-0.39, 0.29) is 0 Å². The van der Waals surface area contributed by atoms with Gasteiger partial charge in [0, 0.05) is 17.5 Å². The maximum absolute atomic E-state index is 5.00. The van der Waals surface area contributed by atoms with E-state index >= 15 is 0 Å². The Morgan fingerprint density at radius 1 is 0.774 bits per heavy atom. The van der Waals surface area contributed by atoms with Gasteiger partial charge in [0.25, 0.3) is 6.33 Å². The highest BCUT2D eigenvalue weighted by Crippen LogP contribution is 2.50. The van der Waals surface area contributed by atoms with Gasteiger partial charge in [-0.05, 0) is 89.7 Å². The van der Waals surface area contributed by atoms with Gasteiger partial charge < -0.3 is 0 Å². The average molecular weight is 404 g/mol. The molecule has 6 rings (SSSR count). The highest BCUT2D eigenvalue weighted by Gasteiger charge is 2.36. The molecule has 0 fully saturated rings. The molecule has 4 aromatic rings. The summed E-state index contributed by atoms with van der Waals surface area (Å²) in [5, 5.41) is 0. The van der Waals surface area contributed by atoms with Crippen LogP contribution in [0.3, 0.4) is 0 Å². The van der Waals surface area contributed by atoms with Crippen LogP contribution in [-0.2, 0) is 19.9 Å². The Bertz CT molecular complexity index is 1430. The molecule has 0 N–H and O–H groups in total. The minimum atomic E-state index is 0.947. The fourth-order valence-electron chi connectivity index (χ4n) is 5.80. The van der Waals surface area contributed by atoms with Crippen molar-refractivity contribution in [1.82, 2.24) is 4.98 Å². The van der Waals surface area contributed by atoms with Crippen LogP contribution in [-0.4, -0.2) is 4.98 Å². The predicted octanol–water partition coefficient (Wildman–Crippen LogP) is 5.95. The molecule has 1 aromatic heterocycles. The fraction of sp³-hybridized carbons (Fsp3) is 0.241. The van der Waals surface area contributed by atoms with Crippen molar-refractivity contribution in [2.24, 2.45) is 7.05 Å². The van der Waals surface area contributed by atoms with Crippen molar-refractivity contribution in [3.8, 4) is 33.6 Å². The first-order chi connectivity index (χ1) is 14.9. The van der Waals surface area contributed by atoms with Crippen LogP contribution in [0.2, 0.25) is 0 Å². The van der Waals surface area contributed by atoms with Gasteiger partial charge in [0.1, 0.15) is 5.69 Å². The molecule has 2 heteroatoms. The zero-order chi connectivity index (χ0) is 21.4. The van der Waals surface area contributed by atoms with Crippen molar-refractivity contribution in [3.05, 3.63) is 93.3 Å². The van der Waals surface area contributed by atoms with E-state index < -0.39 is 0 Å². The molecule has 0 saturated carbocycles. The molecule has 2 aliphatic rings. The highest BCUT2D eigenvalue weighted by molar-refractivity contribution is 5.96. The summed E-state index contributed by atoms with van der Waals surface area (Å²) in [6, 6.07) is 16.0. The zero-order valence-corrected chi connectivity index (χ0v) is 18.9. The number of hydrogen-bond acceptors (Lipinski definition) is 1. The molecule has 0 atom stereocenters. The van der Waals surface area contributed by atoms with Crippen LogP contribution in [0.1, 0.15) is 44.5 Å². The Kier molecular flexibility index (Phi) is 3.80. The van der Waals surface area contributed by atoms with E-state index in [9.17, 15) is 0 Å². The van der Waals surface area contributed by atoms with Gasteiger partial charge in [0.2, 0.25) is 0 Å². The second kappa shape index (κ2) is 6.37. The monoisotopic (exact) mass is 403 g/mol. The fourth-order valence-corrected chi connectivity index (χ4v) is 5.80. The molecule has 0 bridgehead atoms. The molecular weight excluding hydrogens is 376 g/mol. The zero-order valence-electron chi connectivity index (χ0n) is 18.9. The molecule has 0 spiro atoms. The lowest BCUT2D eigenvalue weighted by Gasteiger charge is -2.13. The Balaban J connectivity index is 1.66. The van der Waals surface area contributed by atoms with Gasteiger partial charge in [0.15, 0.2) is 5.69 Å². The molecule has 0 unspecified atom stereocenters. The lowest BCUT2D eigenvalue weighted by atomic mass is 9.93. The third-order valence-electron chi connectivity index (χ3n) is 7.32. The van der Waals surface area contributed by atoms with E-state index in [1.165, 1.54) is 78.1 Å². The first-order valence-corrected chi connectivity index (χ1v) is 11.1. The summed E-state index contributed by atoms with van der Waals surface area (Å²) < 4.78 is 2.21. The van der Waals surface area contributed by atoms with Crippen molar-refractivity contribution in [2.45, 2.75) is 40.5 Å². The summed E-state index contributed by atoms with van der Waals surface area (Å²) in [6.45, 7) is 8.90. The molecule has 0 saturated heterocycles. The highest BCUT2D eigenvalue weighted by atomic mass is 15.0. The van der Waals surface area contributed by atoms with Gasteiger partial charge >= 0.3 is 0 Å². The van der Waals surface area contributed by atoms with E-state index in [0.29, 0.717) is 0 Å². The molecule has 0 radical (unpaired) electrons. The van der Waals surface area contributed by atoms with Gasteiger partial charge in [-0.3, -0.25) is 0 Å². The van der Waals surface area contributed by atoms with E-state index in [0.717, 1.165) is 12.8 Å². The molecule has 31 heavy (non-hydrogen) atoms. The number of nitrogens with zero attached hydrogens (tertiary/aromatic N) is 2. The quantitative estimate of drug-likeness (QED) is 0.310. The molecular formula is C29H27N2+. The van der Waals surface area contributed by atoms with Crippen LogP contribution in [0, 0.1) is 27.7 Å². The van der Waals surface area contributed by atoms with E-state index in [1.807, 2.05) is 6.33 Å². The Hall–Kier alpha value is -3.26. The normalized spacial score (nSPS) is 13.1. The maximum atomic E-state index is 5.00. The number of rotatable bonds is 1. The van der Waals surface area contributed by atoms with Crippen LogP contribution in [0.15, 0.2) is 48.8 Å². The van der Waals surface area contributed by atoms with Gasteiger partial charge in [-0.25, -0.2) is 4.57 Å².